The lowest BCUT2D eigenvalue weighted by atomic mass is 10.1. The molecule has 0 heterocycles. The van der Waals surface area contributed by atoms with Crippen molar-refractivity contribution in [3.05, 3.63) is 65.5 Å². The molecule has 0 N–H and O–H groups in total. The molecule has 0 saturated carbocycles. The Hall–Kier alpha value is -2.49. The fourth-order valence-corrected chi connectivity index (χ4v) is 1.92. The minimum absolute atomic E-state index is 0.260. The van der Waals surface area contributed by atoms with Crippen molar-refractivity contribution in [3.63, 3.8) is 0 Å². The summed E-state index contributed by atoms with van der Waals surface area (Å²) in [5.41, 5.74) is 2.51. The molecule has 21 heavy (non-hydrogen) atoms. The van der Waals surface area contributed by atoms with Gasteiger partial charge < -0.3 is 4.74 Å². The molecule has 0 aromatic heterocycles. The third-order valence-electron chi connectivity index (χ3n) is 3.08. The highest BCUT2D eigenvalue weighted by Gasteiger charge is 2.05. The number of ether oxygens (including phenoxy) is 1. The van der Waals surface area contributed by atoms with Crippen LogP contribution >= 0.6 is 0 Å². The Labute approximate surface area is 123 Å². The van der Waals surface area contributed by atoms with E-state index in [0.29, 0.717) is 5.84 Å². The molecule has 0 aliphatic heterocycles. The van der Waals surface area contributed by atoms with Gasteiger partial charge in [-0.2, -0.15) is 0 Å². The second-order valence-electron chi connectivity index (χ2n) is 4.48. The van der Waals surface area contributed by atoms with Crippen LogP contribution in [0.3, 0.4) is 0 Å². The summed E-state index contributed by atoms with van der Waals surface area (Å²) in [7, 11) is 3.31. The average Bonchev–Trinajstić information content (AvgIpc) is 2.53. The quantitative estimate of drug-likeness (QED) is 0.624. The minimum Gasteiger partial charge on any atom is -0.497 e. The molecule has 0 radical (unpaired) electrons. The highest BCUT2D eigenvalue weighted by atomic mass is 19.1. The fraction of sp³-hybridized carbons (Fsp3) is 0.176. The number of amidine groups is 1. The van der Waals surface area contributed by atoms with Gasteiger partial charge in [-0.25, -0.2) is 9.38 Å². The molecular formula is C17H17FN2O. The maximum Gasteiger partial charge on any atom is 0.154 e. The first kappa shape index (κ1) is 14.9. The molecule has 0 spiro atoms. The van der Waals surface area contributed by atoms with Crippen molar-refractivity contribution >= 4 is 11.5 Å². The normalized spacial score (nSPS) is 12.4. The van der Waals surface area contributed by atoms with Gasteiger partial charge in [0.25, 0.3) is 0 Å². The number of hydrogen-bond donors (Lipinski definition) is 0. The Kier molecular flexibility index (Phi) is 4.82. The summed E-state index contributed by atoms with van der Waals surface area (Å²) in [6.07, 6.45) is 0. The number of rotatable bonds is 3. The summed E-state index contributed by atoms with van der Waals surface area (Å²) < 4.78 is 18.2. The van der Waals surface area contributed by atoms with E-state index in [9.17, 15) is 4.39 Å². The number of halogens is 1. The molecule has 2 rings (SSSR count). The van der Waals surface area contributed by atoms with Crippen molar-refractivity contribution in [1.82, 2.24) is 0 Å². The largest absolute Gasteiger partial charge is 0.497 e. The SMILES string of the molecule is CN=C(N=C(C)c1ccc(F)cc1)c1cccc(OC)c1. The van der Waals surface area contributed by atoms with Gasteiger partial charge in [-0.05, 0) is 36.8 Å². The smallest absolute Gasteiger partial charge is 0.154 e. The zero-order valence-corrected chi connectivity index (χ0v) is 12.3. The second-order valence-corrected chi connectivity index (χ2v) is 4.48. The van der Waals surface area contributed by atoms with Gasteiger partial charge in [-0.1, -0.05) is 24.3 Å². The first-order valence-corrected chi connectivity index (χ1v) is 6.56. The lowest BCUT2D eigenvalue weighted by Crippen LogP contribution is -2.04. The van der Waals surface area contributed by atoms with Gasteiger partial charge in [0.2, 0.25) is 0 Å². The first-order valence-electron chi connectivity index (χ1n) is 6.56. The Morgan fingerprint density at radius 3 is 2.38 bits per heavy atom. The van der Waals surface area contributed by atoms with E-state index in [4.69, 9.17) is 4.74 Å². The molecule has 0 atom stereocenters. The molecule has 0 fully saturated rings. The van der Waals surface area contributed by atoms with E-state index in [1.807, 2.05) is 31.2 Å². The van der Waals surface area contributed by atoms with Crippen LogP contribution in [0.1, 0.15) is 18.1 Å². The van der Waals surface area contributed by atoms with Gasteiger partial charge in [-0.3, -0.25) is 4.99 Å². The molecule has 3 nitrogen and oxygen atoms in total. The fourth-order valence-electron chi connectivity index (χ4n) is 1.92. The van der Waals surface area contributed by atoms with Crippen molar-refractivity contribution in [3.8, 4) is 5.75 Å². The lowest BCUT2D eigenvalue weighted by molar-refractivity contribution is 0.414. The molecule has 0 saturated heterocycles. The van der Waals surface area contributed by atoms with Crippen LogP contribution in [0.25, 0.3) is 0 Å². The zero-order valence-electron chi connectivity index (χ0n) is 12.3. The predicted octanol–water partition coefficient (Wildman–Crippen LogP) is 3.72. The van der Waals surface area contributed by atoms with Crippen LogP contribution in [0.4, 0.5) is 4.39 Å². The molecule has 0 aliphatic carbocycles. The van der Waals surface area contributed by atoms with Crippen LogP contribution in [0, 0.1) is 5.82 Å². The zero-order chi connectivity index (χ0) is 15.2. The number of nitrogens with zero attached hydrogens (tertiary/aromatic N) is 2. The van der Waals surface area contributed by atoms with E-state index in [1.165, 1.54) is 12.1 Å². The number of hydrogen-bond acceptors (Lipinski definition) is 2. The van der Waals surface area contributed by atoms with Crippen molar-refractivity contribution in [2.24, 2.45) is 9.98 Å². The average molecular weight is 284 g/mol. The highest BCUT2D eigenvalue weighted by molar-refractivity contribution is 6.11. The molecular weight excluding hydrogens is 267 g/mol. The van der Waals surface area contributed by atoms with Crippen LogP contribution < -0.4 is 4.74 Å². The summed E-state index contributed by atoms with van der Waals surface area (Å²) in [6, 6.07) is 13.8. The van der Waals surface area contributed by atoms with Crippen molar-refractivity contribution in [1.29, 1.82) is 0 Å². The molecule has 0 amide bonds. The van der Waals surface area contributed by atoms with E-state index in [-0.39, 0.29) is 5.82 Å². The van der Waals surface area contributed by atoms with Gasteiger partial charge >= 0.3 is 0 Å². The van der Waals surface area contributed by atoms with Crippen LogP contribution in [-0.4, -0.2) is 25.7 Å². The predicted molar refractivity (Wildman–Crippen MR) is 84.1 cm³/mol. The highest BCUT2D eigenvalue weighted by Crippen LogP contribution is 2.14. The van der Waals surface area contributed by atoms with E-state index >= 15 is 0 Å². The van der Waals surface area contributed by atoms with E-state index < -0.39 is 0 Å². The lowest BCUT2D eigenvalue weighted by Gasteiger charge is -2.06. The van der Waals surface area contributed by atoms with Crippen molar-refractivity contribution in [2.75, 3.05) is 14.2 Å². The molecule has 2 aromatic rings. The van der Waals surface area contributed by atoms with E-state index in [0.717, 1.165) is 22.6 Å². The molecule has 0 unspecified atom stereocenters. The summed E-state index contributed by atoms with van der Waals surface area (Å²) in [5, 5.41) is 0. The van der Waals surface area contributed by atoms with Crippen LogP contribution in [0.2, 0.25) is 0 Å². The minimum atomic E-state index is -0.260. The third-order valence-corrected chi connectivity index (χ3v) is 3.08. The maximum atomic E-state index is 12.9. The molecule has 2 aromatic carbocycles. The maximum absolute atomic E-state index is 12.9. The summed E-state index contributed by atoms with van der Waals surface area (Å²) in [5.74, 6) is 1.10. The molecule has 0 aliphatic rings. The second kappa shape index (κ2) is 6.79. The van der Waals surface area contributed by atoms with E-state index in [2.05, 4.69) is 9.98 Å². The molecule has 108 valence electrons. The van der Waals surface area contributed by atoms with Crippen LogP contribution in [0.5, 0.6) is 5.75 Å². The monoisotopic (exact) mass is 284 g/mol. The third kappa shape index (κ3) is 3.75. The first-order chi connectivity index (χ1) is 10.1. The van der Waals surface area contributed by atoms with Gasteiger partial charge in [0.1, 0.15) is 11.6 Å². The molecule has 4 heteroatoms. The van der Waals surface area contributed by atoms with Gasteiger partial charge in [-0.15, -0.1) is 0 Å². The summed E-state index contributed by atoms with van der Waals surface area (Å²) in [4.78, 5) is 8.75. The summed E-state index contributed by atoms with van der Waals surface area (Å²) in [6.45, 7) is 1.87. The van der Waals surface area contributed by atoms with E-state index in [1.54, 1.807) is 26.3 Å². The standard InChI is InChI=1S/C17H17FN2O/c1-12(13-7-9-15(18)10-8-13)20-17(19-2)14-5-4-6-16(11-14)21-3/h4-11H,1-3H3. The topological polar surface area (TPSA) is 34.0 Å². The summed E-state index contributed by atoms with van der Waals surface area (Å²) >= 11 is 0. The van der Waals surface area contributed by atoms with Gasteiger partial charge in [0.05, 0.1) is 7.11 Å². The number of aliphatic imine (C=N–C) groups is 2. The van der Waals surface area contributed by atoms with Crippen molar-refractivity contribution < 1.29 is 9.13 Å². The van der Waals surface area contributed by atoms with Crippen molar-refractivity contribution in [2.45, 2.75) is 6.92 Å². The Morgan fingerprint density at radius 2 is 1.76 bits per heavy atom. The molecule has 0 bridgehead atoms. The van der Waals surface area contributed by atoms with Gasteiger partial charge in [0.15, 0.2) is 5.84 Å². The Morgan fingerprint density at radius 1 is 1.05 bits per heavy atom. The Balaban J connectivity index is 2.33. The Bertz CT molecular complexity index is 675. The van der Waals surface area contributed by atoms with Crippen LogP contribution in [0.15, 0.2) is 58.5 Å². The number of benzene rings is 2. The number of methoxy groups -OCH3 is 1. The van der Waals surface area contributed by atoms with Crippen LogP contribution in [-0.2, 0) is 0 Å². The van der Waals surface area contributed by atoms with Gasteiger partial charge in [0, 0.05) is 18.3 Å².